The number of benzene rings is 1. The zero-order chi connectivity index (χ0) is 20.0. The molecule has 0 radical (unpaired) electrons. The summed E-state index contributed by atoms with van der Waals surface area (Å²) in [4.78, 5) is 17.8. The fraction of sp³-hybridized carbons (Fsp3) is 0.0435. The van der Waals surface area contributed by atoms with Crippen molar-refractivity contribution in [2.75, 3.05) is 5.73 Å². The van der Waals surface area contributed by atoms with Gasteiger partial charge >= 0.3 is 0 Å². The predicted octanol–water partition coefficient (Wildman–Crippen LogP) is 4.94. The van der Waals surface area contributed by atoms with E-state index in [0.717, 1.165) is 33.0 Å². The van der Waals surface area contributed by atoms with Crippen molar-refractivity contribution >= 4 is 27.6 Å². The van der Waals surface area contributed by atoms with E-state index in [-0.39, 0.29) is 5.82 Å². The first-order valence-electron chi connectivity index (χ1n) is 9.14. The van der Waals surface area contributed by atoms with Crippen LogP contribution in [0.4, 0.5) is 10.2 Å². The molecular formula is C23H16FN5. The molecule has 0 aliphatic carbocycles. The van der Waals surface area contributed by atoms with Crippen LogP contribution in [-0.4, -0.2) is 19.9 Å². The number of hydrogen-bond acceptors (Lipinski definition) is 5. The summed E-state index contributed by atoms with van der Waals surface area (Å²) in [7, 11) is 0. The Morgan fingerprint density at radius 3 is 2.52 bits per heavy atom. The number of fused-ring (bicyclic) bond motifs is 2. The first-order chi connectivity index (χ1) is 14.1. The third-order valence-electron chi connectivity index (χ3n) is 4.96. The summed E-state index contributed by atoms with van der Waals surface area (Å²) in [5.41, 5.74) is 10.0. The Balaban J connectivity index is 1.87. The van der Waals surface area contributed by atoms with E-state index in [1.165, 1.54) is 6.07 Å². The van der Waals surface area contributed by atoms with Gasteiger partial charge in [0, 0.05) is 45.9 Å². The third kappa shape index (κ3) is 2.86. The minimum absolute atomic E-state index is 0.330. The number of halogens is 1. The van der Waals surface area contributed by atoms with Crippen LogP contribution in [0.5, 0.6) is 0 Å². The van der Waals surface area contributed by atoms with Gasteiger partial charge in [-0.3, -0.25) is 4.98 Å². The first-order valence-corrected chi connectivity index (χ1v) is 9.14. The summed E-state index contributed by atoms with van der Waals surface area (Å²) in [5, 5.41) is 2.52. The van der Waals surface area contributed by atoms with E-state index in [0.29, 0.717) is 22.7 Å². The topological polar surface area (TPSA) is 77.6 Å². The molecule has 0 atom stereocenters. The highest BCUT2D eigenvalue weighted by atomic mass is 19.1. The Labute approximate surface area is 166 Å². The van der Waals surface area contributed by atoms with Crippen LogP contribution < -0.4 is 5.73 Å². The molecule has 5 rings (SSSR count). The number of nitrogens with two attached hydrogens (primary N) is 1. The van der Waals surface area contributed by atoms with Crippen molar-refractivity contribution in [3.8, 4) is 22.5 Å². The highest BCUT2D eigenvalue weighted by molar-refractivity contribution is 6.05. The SMILES string of the molecule is Cc1ccc(F)c(-c2cc(-c3nccc4c(N)nccc34)c3cccnc3n2)c1. The Kier molecular flexibility index (Phi) is 3.91. The van der Waals surface area contributed by atoms with Crippen LogP contribution in [0.2, 0.25) is 0 Å². The van der Waals surface area contributed by atoms with Gasteiger partial charge in [0.2, 0.25) is 0 Å². The van der Waals surface area contributed by atoms with Crippen LogP contribution in [0.25, 0.3) is 44.3 Å². The van der Waals surface area contributed by atoms with Crippen LogP contribution >= 0.6 is 0 Å². The summed E-state index contributed by atoms with van der Waals surface area (Å²) >= 11 is 0. The lowest BCUT2D eigenvalue weighted by Gasteiger charge is -2.12. The molecule has 0 amide bonds. The van der Waals surface area contributed by atoms with E-state index in [1.807, 2.05) is 37.3 Å². The molecule has 5 aromatic rings. The van der Waals surface area contributed by atoms with Gasteiger partial charge in [-0.15, -0.1) is 0 Å². The second kappa shape index (κ2) is 6.60. The van der Waals surface area contributed by atoms with Gasteiger partial charge in [-0.05, 0) is 49.4 Å². The fourth-order valence-corrected chi connectivity index (χ4v) is 3.57. The molecule has 0 aliphatic rings. The van der Waals surface area contributed by atoms with E-state index in [9.17, 15) is 4.39 Å². The van der Waals surface area contributed by atoms with Crippen LogP contribution in [0.1, 0.15) is 5.56 Å². The molecule has 0 saturated heterocycles. The maximum absolute atomic E-state index is 14.6. The minimum Gasteiger partial charge on any atom is -0.383 e. The summed E-state index contributed by atoms with van der Waals surface area (Å²) in [5.74, 6) is 0.108. The van der Waals surface area contributed by atoms with Gasteiger partial charge in [-0.2, -0.15) is 0 Å². The van der Waals surface area contributed by atoms with Crippen molar-refractivity contribution in [2.45, 2.75) is 6.92 Å². The normalized spacial score (nSPS) is 11.2. The molecule has 4 aromatic heterocycles. The van der Waals surface area contributed by atoms with E-state index < -0.39 is 0 Å². The first kappa shape index (κ1) is 17.2. The highest BCUT2D eigenvalue weighted by Gasteiger charge is 2.16. The van der Waals surface area contributed by atoms with Crippen LogP contribution in [0.3, 0.4) is 0 Å². The lowest BCUT2D eigenvalue weighted by Crippen LogP contribution is -1.97. The largest absolute Gasteiger partial charge is 0.383 e. The molecule has 0 saturated carbocycles. The van der Waals surface area contributed by atoms with E-state index in [2.05, 4.69) is 19.9 Å². The number of hydrogen-bond donors (Lipinski definition) is 1. The lowest BCUT2D eigenvalue weighted by molar-refractivity contribution is 0.630. The zero-order valence-electron chi connectivity index (χ0n) is 15.6. The Morgan fingerprint density at radius 2 is 1.62 bits per heavy atom. The fourth-order valence-electron chi connectivity index (χ4n) is 3.57. The average molecular weight is 381 g/mol. The van der Waals surface area contributed by atoms with Gasteiger partial charge in [0.25, 0.3) is 0 Å². The maximum atomic E-state index is 14.6. The zero-order valence-corrected chi connectivity index (χ0v) is 15.6. The second-order valence-electron chi connectivity index (χ2n) is 6.86. The smallest absolute Gasteiger partial charge is 0.160 e. The molecule has 6 heteroatoms. The number of nitrogens with zero attached hydrogens (tertiary/aromatic N) is 4. The molecule has 0 unspecified atom stereocenters. The molecule has 140 valence electrons. The lowest BCUT2D eigenvalue weighted by atomic mass is 9.99. The van der Waals surface area contributed by atoms with Gasteiger partial charge in [0.1, 0.15) is 11.6 Å². The van der Waals surface area contributed by atoms with Gasteiger partial charge in [-0.25, -0.2) is 19.3 Å². The number of nitrogen functional groups attached to an aromatic ring is 1. The molecular weight excluding hydrogens is 365 g/mol. The number of aryl methyl sites for hydroxylation is 1. The molecule has 0 bridgehead atoms. The van der Waals surface area contributed by atoms with E-state index in [1.54, 1.807) is 30.7 Å². The van der Waals surface area contributed by atoms with Crippen molar-refractivity contribution in [2.24, 2.45) is 0 Å². The van der Waals surface area contributed by atoms with Crippen LogP contribution in [-0.2, 0) is 0 Å². The van der Waals surface area contributed by atoms with Gasteiger partial charge in [0.05, 0.1) is 11.4 Å². The average Bonchev–Trinajstić information content (AvgIpc) is 2.75. The monoisotopic (exact) mass is 381 g/mol. The molecule has 2 N–H and O–H groups in total. The molecule has 5 nitrogen and oxygen atoms in total. The Morgan fingerprint density at radius 1 is 0.793 bits per heavy atom. The third-order valence-corrected chi connectivity index (χ3v) is 4.96. The minimum atomic E-state index is -0.330. The van der Waals surface area contributed by atoms with Crippen LogP contribution in [0, 0.1) is 12.7 Å². The summed E-state index contributed by atoms with van der Waals surface area (Å²) in [6, 6.07) is 14.3. The predicted molar refractivity (Wildman–Crippen MR) is 113 cm³/mol. The van der Waals surface area contributed by atoms with Crippen molar-refractivity contribution in [3.05, 3.63) is 78.5 Å². The van der Waals surface area contributed by atoms with Crippen molar-refractivity contribution < 1.29 is 4.39 Å². The number of pyridine rings is 4. The summed E-state index contributed by atoms with van der Waals surface area (Å²) in [6.07, 6.45) is 5.03. The quantitative estimate of drug-likeness (QED) is 0.469. The Hall–Kier alpha value is -3.93. The van der Waals surface area contributed by atoms with Gasteiger partial charge < -0.3 is 5.73 Å². The van der Waals surface area contributed by atoms with E-state index >= 15 is 0 Å². The molecule has 0 spiro atoms. The van der Waals surface area contributed by atoms with Crippen molar-refractivity contribution in [1.29, 1.82) is 0 Å². The van der Waals surface area contributed by atoms with E-state index in [4.69, 9.17) is 5.73 Å². The maximum Gasteiger partial charge on any atom is 0.160 e. The number of rotatable bonds is 2. The van der Waals surface area contributed by atoms with Crippen molar-refractivity contribution in [1.82, 2.24) is 19.9 Å². The molecule has 4 heterocycles. The number of anilines is 1. The van der Waals surface area contributed by atoms with Gasteiger partial charge in [-0.1, -0.05) is 11.6 Å². The van der Waals surface area contributed by atoms with Gasteiger partial charge in [0.15, 0.2) is 5.65 Å². The van der Waals surface area contributed by atoms with Crippen LogP contribution in [0.15, 0.2) is 67.1 Å². The summed E-state index contributed by atoms with van der Waals surface area (Å²) < 4.78 is 14.6. The van der Waals surface area contributed by atoms with Crippen molar-refractivity contribution in [3.63, 3.8) is 0 Å². The standard InChI is InChI=1S/C23H16FN5/c1-13-4-5-19(24)18(11-13)20-12-17(16-3-2-8-28-23(16)29-20)21-14-6-10-27-22(25)15(14)7-9-26-21/h2-12H,1H3,(H2,25,27). The molecule has 0 fully saturated rings. The summed E-state index contributed by atoms with van der Waals surface area (Å²) in [6.45, 7) is 1.92. The second-order valence-corrected chi connectivity index (χ2v) is 6.86. The number of aromatic nitrogens is 4. The Bertz CT molecular complexity index is 1400. The molecule has 29 heavy (non-hydrogen) atoms. The molecule has 1 aromatic carbocycles. The highest BCUT2D eigenvalue weighted by Crippen LogP contribution is 2.35. The molecule has 0 aliphatic heterocycles.